The van der Waals surface area contributed by atoms with Crippen molar-refractivity contribution in [1.29, 1.82) is 0 Å². The second-order valence-corrected chi connectivity index (χ2v) is 6.22. The zero-order valence-corrected chi connectivity index (χ0v) is 14.7. The van der Waals surface area contributed by atoms with Gasteiger partial charge in [-0.1, -0.05) is 30.3 Å². The number of primary amides is 1. The molecule has 3 N–H and O–H groups in total. The van der Waals surface area contributed by atoms with Crippen LogP contribution in [0.2, 0.25) is 0 Å². The van der Waals surface area contributed by atoms with E-state index < -0.39 is 11.9 Å². The third kappa shape index (κ3) is 3.85. The van der Waals surface area contributed by atoms with Crippen molar-refractivity contribution >= 4 is 22.8 Å². The van der Waals surface area contributed by atoms with E-state index in [9.17, 15) is 9.59 Å². The Morgan fingerprint density at radius 3 is 2.31 bits per heavy atom. The van der Waals surface area contributed by atoms with Gasteiger partial charge in [-0.2, -0.15) is 0 Å². The summed E-state index contributed by atoms with van der Waals surface area (Å²) in [5.41, 5.74) is 9.82. The lowest BCUT2D eigenvalue weighted by Gasteiger charge is -2.16. The van der Waals surface area contributed by atoms with Gasteiger partial charge < -0.3 is 11.1 Å². The fourth-order valence-electron chi connectivity index (χ4n) is 2.69. The second kappa shape index (κ2) is 7.31. The van der Waals surface area contributed by atoms with E-state index >= 15 is 0 Å². The van der Waals surface area contributed by atoms with Crippen molar-refractivity contribution < 1.29 is 9.59 Å². The average molecular weight is 348 g/mol. The number of hydrogen-bond acceptors (Lipinski definition) is 4. The Labute approximate surface area is 151 Å². The minimum atomic E-state index is -0.786. The number of carbonyl (C=O) groups is 2. The molecule has 2 aromatic carbocycles. The summed E-state index contributed by atoms with van der Waals surface area (Å²) in [6.07, 6.45) is 0.341. The summed E-state index contributed by atoms with van der Waals surface area (Å²) in [6.45, 7) is 3.76. The highest BCUT2D eigenvalue weighted by atomic mass is 16.2. The number of nitrogens with zero attached hydrogens (tertiary/aromatic N) is 2. The fourth-order valence-corrected chi connectivity index (χ4v) is 2.69. The first-order valence-electron chi connectivity index (χ1n) is 8.33. The van der Waals surface area contributed by atoms with Crippen LogP contribution in [-0.4, -0.2) is 27.8 Å². The van der Waals surface area contributed by atoms with E-state index in [0.717, 1.165) is 22.5 Å². The molecule has 0 saturated heterocycles. The van der Waals surface area contributed by atoms with Crippen molar-refractivity contribution in [3.8, 4) is 0 Å². The topological polar surface area (TPSA) is 98.0 Å². The number of nitrogens with one attached hydrogen (secondary N) is 1. The molecular weight excluding hydrogens is 328 g/mol. The Hall–Kier alpha value is -3.28. The molecule has 0 radical (unpaired) electrons. The minimum absolute atomic E-state index is 0.341. The lowest BCUT2D eigenvalue weighted by Crippen LogP contribution is -2.45. The van der Waals surface area contributed by atoms with E-state index in [1.807, 2.05) is 44.2 Å². The highest BCUT2D eigenvalue weighted by Gasteiger charge is 2.20. The Bertz CT molecular complexity index is 970. The summed E-state index contributed by atoms with van der Waals surface area (Å²) in [4.78, 5) is 33.2. The van der Waals surface area contributed by atoms with Gasteiger partial charge in [0.2, 0.25) is 5.91 Å². The zero-order valence-electron chi connectivity index (χ0n) is 14.7. The average Bonchev–Trinajstić information content (AvgIpc) is 2.62. The van der Waals surface area contributed by atoms with Gasteiger partial charge in [-0.05, 0) is 37.6 Å². The third-order valence-corrected chi connectivity index (χ3v) is 4.27. The first kappa shape index (κ1) is 17.5. The van der Waals surface area contributed by atoms with Gasteiger partial charge in [0.25, 0.3) is 5.91 Å². The lowest BCUT2D eigenvalue weighted by atomic mass is 10.0. The number of benzene rings is 2. The molecule has 0 bridgehead atoms. The molecule has 6 nitrogen and oxygen atoms in total. The lowest BCUT2D eigenvalue weighted by molar-refractivity contribution is -0.119. The van der Waals surface area contributed by atoms with Gasteiger partial charge in [-0.3, -0.25) is 9.59 Å². The monoisotopic (exact) mass is 348 g/mol. The standard InChI is InChI=1S/C20H20N4O2/c1-12-13(2)23-17-11-15(8-9-16(17)22-12)20(26)24-18(19(21)25)10-14-6-4-3-5-7-14/h3-9,11,18H,10H2,1-2H3,(H2,21,25)(H,24,26)/t18-/m0/s1. The molecular formula is C20H20N4O2. The largest absolute Gasteiger partial charge is 0.368 e. The zero-order chi connectivity index (χ0) is 18.7. The predicted octanol–water partition coefficient (Wildman–Crippen LogP) is 2.07. The maximum absolute atomic E-state index is 12.6. The van der Waals surface area contributed by atoms with Gasteiger partial charge in [0.05, 0.1) is 22.4 Å². The van der Waals surface area contributed by atoms with Crippen molar-refractivity contribution in [2.45, 2.75) is 26.3 Å². The smallest absolute Gasteiger partial charge is 0.252 e. The molecule has 0 spiro atoms. The number of amides is 2. The summed E-state index contributed by atoms with van der Waals surface area (Å²) >= 11 is 0. The number of hydrogen-bond donors (Lipinski definition) is 2. The van der Waals surface area contributed by atoms with Crippen LogP contribution in [0, 0.1) is 13.8 Å². The summed E-state index contributed by atoms with van der Waals surface area (Å²) in [5.74, 6) is -0.944. The Morgan fingerprint density at radius 2 is 1.65 bits per heavy atom. The van der Waals surface area contributed by atoms with Crippen LogP contribution in [0.5, 0.6) is 0 Å². The summed E-state index contributed by atoms with van der Waals surface area (Å²) in [5, 5.41) is 2.71. The van der Waals surface area contributed by atoms with E-state index in [4.69, 9.17) is 5.73 Å². The van der Waals surface area contributed by atoms with Crippen LogP contribution in [0.4, 0.5) is 0 Å². The minimum Gasteiger partial charge on any atom is -0.368 e. The molecule has 0 unspecified atom stereocenters. The van der Waals surface area contributed by atoms with E-state index in [-0.39, 0.29) is 5.91 Å². The highest BCUT2D eigenvalue weighted by Crippen LogP contribution is 2.15. The van der Waals surface area contributed by atoms with E-state index in [1.54, 1.807) is 18.2 Å². The number of nitrogens with two attached hydrogens (primary N) is 1. The van der Waals surface area contributed by atoms with Crippen LogP contribution in [-0.2, 0) is 11.2 Å². The molecule has 0 aliphatic heterocycles. The normalized spacial score (nSPS) is 11.9. The Morgan fingerprint density at radius 1 is 1.00 bits per heavy atom. The van der Waals surface area contributed by atoms with E-state index in [1.165, 1.54) is 0 Å². The van der Waals surface area contributed by atoms with E-state index in [2.05, 4.69) is 15.3 Å². The Kier molecular flexibility index (Phi) is 4.93. The van der Waals surface area contributed by atoms with Crippen LogP contribution in [0.1, 0.15) is 27.3 Å². The van der Waals surface area contributed by atoms with Crippen LogP contribution in [0.3, 0.4) is 0 Å². The van der Waals surface area contributed by atoms with Gasteiger partial charge >= 0.3 is 0 Å². The number of rotatable bonds is 5. The van der Waals surface area contributed by atoms with Crippen LogP contribution in [0.15, 0.2) is 48.5 Å². The molecule has 1 heterocycles. The molecule has 3 aromatic rings. The van der Waals surface area contributed by atoms with Crippen LogP contribution < -0.4 is 11.1 Å². The number of aryl methyl sites for hydroxylation is 2. The summed E-state index contributed by atoms with van der Waals surface area (Å²) < 4.78 is 0. The second-order valence-electron chi connectivity index (χ2n) is 6.22. The molecule has 0 aliphatic carbocycles. The SMILES string of the molecule is Cc1nc2ccc(C(=O)N[C@@H](Cc3ccccc3)C(N)=O)cc2nc1C. The van der Waals surface area contributed by atoms with Gasteiger partial charge in [0.1, 0.15) is 6.04 Å². The number of aromatic nitrogens is 2. The fraction of sp³-hybridized carbons (Fsp3) is 0.200. The molecule has 6 heteroatoms. The molecule has 0 fully saturated rings. The summed E-state index contributed by atoms with van der Waals surface area (Å²) in [7, 11) is 0. The molecule has 0 saturated carbocycles. The molecule has 1 aromatic heterocycles. The molecule has 0 aliphatic rings. The Balaban J connectivity index is 1.82. The maximum Gasteiger partial charge on any atom is 0.252 e. The molecule has 1 atom stereocenters. The highest BCUT2D eigenvalue weighted by molar-refractivity contribution is 5.99. The van der Waals surface area contributed by atoms with Crippen LogP contribution in [0.25, 0.3) is 11.0 Å². The molecule has 132 valence electrons. The van der Waals surface area contributed by atoms with E-state index in [0.29, 0.717) is 17.5 Å². The van der Waals surface area contributed by atoms with Crippen molar-refractivity contribution in [3.05, 3.63) is 71.0 Å². The molecule has 2 amide bonds. The first-order chi connectivity index (χ1) is 12.4. The van der Waals surface area contributed by atoms with Crippen molar-refractivity contribution in [2.24, 2.45) is 5.73 Å². The first-order valence-corrected chi connectivity index (χ1v) is 8.33. The van der Waals surface area contributed by atoms with Crippen LogP contribution >= 0.6 is 0 Å². The van der Waals surface area contributed by atoms with Gasteiger partial charge in [-0.15, -0.1) is 0 Å². The number of carbonyl (C=O) groups excluding carboxylic acids is 2. The predicted molar refractivity (Wildman–Crippen MR) is 99.6 cm³/mol. The molecule has 26 heavy (non-hydrogen) atoms. The van der Waals surface area contributed by atoms with Crippen molar-refractivity contribution in [2.75, 3.05) is 0 Å². The molecule has 3 rings (SSSR count). The third-order valence-electron chi connectivity index (χ3n) is 4.27. The van der Waals surface area contributed by atoms with Gasteiger partial charge in [0.15, 0.2) is 0 Å². The van der Waals surface area contributed by atoms with Crippen molar-refractivity contribution in [3.63, 3.8) is 0 Å². The van der Waals surface area contributed by atoms with Gasteiger partial charge in [0, 0.05) is 12.0 Å². The maximum atomic E-state index is 12.6. The van der Waals surface area contributed by atoms with Gasteiger partial charge in [-0.25, -0.2) is 9.97 Å². The summed E-state index contributed by atoms with van der Waals surface area (Å²) in [6, 6.07) is 13.7. The quantitative estimate of drug-likeness (QED) is 0.737. The van der Waals surface area contributed by atoms with Crippen molar-refractivity contribution in [1.82, 2.24) is 15.3 Å². The number of fused-ring (bicyclic) bond motifs is 1.